The fourth-order valence-corrected chi connectivity index (χ4v) is 3.59. The van der Waals surface area contributed by atoms with E-state index < -0.39 is 0 Å². The van der Waals surface area contributed by atoms with Crippen molar-refractivity contribution in [1.82, 2.24) is 14.9 Å². The van der Waals surface area contributed by atoms with Crippen LogP contribution in [0, 0.1) is 0 Å². The molecule has 5 nitrogen and oxygen atoms in total. The van der Waals surface area contributed by atoms with Crippen LogP contribution in [0.3, 0.4) is 0 Å². The molecule has 0 aliphatic carbocycles. The zero-order valence-electron chi connectivity index (χ0n) is 14.2. The lowest BCUT2D eigenvalue weighted by molar-refractivity contribution is 0.250. The second-order valence-corrected chi connectivity index (χ2v) is 6.70. The van der Waals surface area contributed by atoms with Crippen LogP contribution in [0.5, 0.6) is 5.75 Å². The van der Waals surface area contributed by atoms with E-state index >= 15 is 0 Å². The van der Waals surface area contributed by atoms with E-state index in [9.17, 15) is 0 Å². The van der Waals surface area contributed by atoms with Crippen LogP contribution < -0.4 is 9.64 Å². The van der Waals surface area contributed by atoms with Gasteiger partial charge < -0.3 is 14.6 Å². The number of hydrogen-bond acceptors (Lipinski definition) is 4. The summed E-state index contributed by atoms with van der Waals surface area (Å²) in [6.07, 6.45) is 3.90. The molecule has 0 amide bonds. The van der Waals surface area contributed by atoms with E-state index in [1.54, 1.807) is 7.11 Å². The topological polar surface area (TPSA) is 44.4 Å². The highest BCUT2D eigenvalue weighted by Crippen LogP contribution is 2.30. The number of fused-ring (bicyclic) bond motifs is 1. The first-order valence-electron chi connectivity index (χ1n) is 8.46. The third kappa shape index (κ3) is 3.30. The number of piperazine rings is 1. The Morgan fingerprint density at radius 2 is 2.04 bits per heavy atom. The summed E-state index contributed by atoms with van der Waals surface area (Å²) in [5, 5.41) is 1.87. The standard InChI is InChI=1S/C19H21ClN4O/c1-25-18-11-15(4-5-17(18)20)24-9-7-23(8-10-24)13-14-12-22-19-16(14)3-2-6-21-19/h2-6,11-12H,7-10,13H2,1H3,(H,21,22). The number of rotatable bonds is 4. The molecule has 0 radical (unpaired) electrons. The molecule has 1 aromatic carbocycles. The van der Waals surface area contributed by atoms with E-state index in [1.807, 2.05) is 24.4 Å². The van der Waals surface area contributed by atoms with Crippen molar-refractivity contribution in [2.45, 2.75) is 6.54 Å². The molecule has 130 valence electrons. The predicted octanol–water partition coefficient (Wildman–Crippen LogP) is 3.55. The molecule has 0 unspecified atom stereocenters. The van der Waals surface area contributed by atoms with Crippen LogP contribution in [-0.4, -0.2) is 48.2 Å². The molecule has 1 saturated heterocycles. The molecule has 1 aliphatic rings. The summed E-state index contributed by atoms with van der Waals surface area (Å²) >= 11 is 6.13. The number of pyridine rings is 1. The Morgan fingerprint density at radius 3 is 2.84 bits per heavy atom. The number of nitrogens with one attached hydrogen (secondary N) is 1. The van der Waals surface area contributed by atoms with Crippen molar-refractivity contribution in [3.05, 3.63) is 53.3 Å². The minimum absolute atomic E-state index is 0.651. The average molecular weight is 357 g/mol. The maximum Gasteiger partial charge on any atom is 0.139 e. The van der Waals surface area contributed by atoms with E-state index in [4.69, 9.17) is 16.3 Å². The molecular weight excluding hydrogens is 336 g/mol. The molecule has 1 aliphatic heterocycles. The van der Waals surface area contributed by atoms with Gasteiger partial charge in [0.25, 0.3) is 0 Å². The summed E-state index contributed by atoms with van der Waals surface area (Å²) in [6, 6.07) is 10.1. The zero-order chi connectivity index (χ0) is 17.2. The average Bonchev–Trinajstić information content (AvgIpc) is 3.06. The molecule has 3 aromatic rings. The van der Waals surface area contributed by atoms with E-state index in [1.165, 1.54) is 10.9 Å². The molecule has 6 heteroatoms. The van der Waals surface area contributed by atoms with Gasteiger partial charge in [0.1, 0.15) is 11.4 Å². The van der Waals surface area contributed by atoms with Crippen LogP contribution in [0.4, 0.5) is 5.69 Å². The minimum atomic E-state index is 0.651. The van der Waals surface area contributed by atoms with Crippen molar-refractivity contribution in [2.24, 2.45) is 0 Å². The smallest absolute Gasteiger partial charge is 0.139 e. The molecular formula is C19H21ClN4O. The number of methoxy groups -OCH3 is 1. The Kier molecular flexibility index (Phi) is 4.51. The number of aromatic amines is 1. The Bertz CT molecular complexity index is 871. The van der Waals surface area contributed by atoms with Gasteiger partial charge in [-0.05, 0) is 29.8 Å². The first-order valence-corrected chi connectivity index (χ1v) is 8.84. The number of nitrogens with zero attached hydrogens (tertiary/aromatic N) is 3. The first kappa shape index (κ1) is 16.2. The Morgan fingerprint density at radius 1 is 1.20 bits per heavy atom. The van der Waals surface area contributed by atoms with Gasteiger partial charge in [-0.1, -0.05) is 11.6 Å². The molecule has 1 fully saturated rings. The summed E-state index contributed by atoms with van der Waals surface area (Å²) in [7, 11) is 1.65. The SMILES string of the molecule is COc1cc(N2CCN(Cc3c[nH]c4ncccc34)CC2)ccc1Cl. The fraction of sp³-hybridized carbons (Fsp3) is 0.316. The van der Waals surface area contributed by atoms with Crippen molar-refractivity contribution in [3.8, 4) is 5.75 Å². The molecule has 3 heterocycles. The lowest BCUT2D eigenvalue weighted by Crippen LogP contribution is -2.45. The summed E-state index contributed by atoms with van der Waals surface area (Å²) in [5.41, 5.74) is 3.44. The van der Waals surface area contributed by atoms with Gasteiger partial charge in [0, 0.05) is 62.3 Å². The van der Waals surface area contributed by atoms with Crippen molar-refractivity contribution in [1.29, 1.82) is 0 Å². The van der Waals surface area contributed by atoms with Gasteiger partial charge in [0.2, 0.25) is 0 Å². The van der Waals surface area contributed by atoms with Gasteiger partial charge in [-0.25, -0.2) is 4.98 Å². The van der Waals surface area contributed by atoms with Gasteiger partial charge in [0.05, 0.1) is 12.1 Å². The molecule has 1 N–H and O–H groups in total. The normalized spacial score (nSPS) is 15.7. The van der Waals surface area contributed by atoms with Crippen LogP contribution >= 0.6 is 11.6 Å². The fourth-order valence-electron chi connectivity index (χ4n) is 3.39. The van der Waals surface area contributed by atoms with Crippen LogP contribution in [-0.2, 0) is 6.54 Å². The van der Waals surface area contributed by atoms with Crippen molar-refractivity contribution in [2.75, 3.05) is 38.2 Å². The molecule has 0 saturated carbocycles. The Balaban J connectivity index is 1.41. The lowest BCUT2D eigenvalue weighted by Gasteiger charge is -2.36. The van der Waals surface area contributed by atoms with Crippen LogP contribution in [0.1, 0.15) is 5.56 Å². The molecule has 4 rings (SSSR count). The zero-order valence-corrected chi connectivity index (χ0v) is 15.0. The first-order chi connectivity index (χ1) is 12.2. The van der Waals surface area contributed by atoms with E-state index in [2.05, 4.69) is 38.1 Å². The summed E-state index contributed by atoms with van der Waals surface area (Å²) in [4.78, 5) is 12.5. The highest BCUT2D eigenvalue weighted by molar-refractivity contribution is 6.32. The van der Waals surface area contributed by atoms with Gasteiger partial charge in [0.15, 0.2) is 0 Å². The number of H-pyrrole nitrogens is 1. The third-order valence-electron chi connectivity index (χ3n) is 4.80. The third-order valence-corrected chi connectivity index (χ3v) is 5.12. The van der Waals surface area contributed by atoms with Crippen LogP contribution in [0.15, 0.2) is 42.7 Å². The predicted molar refractivity (Wildman–Crippen MR) is 102 cm³/mol. The van der Waals surface area contributed by atoms with Crippen molar-refractivity contribution < 1.29 is 4.74 Å². The molecule has 25 heavy (non-hydrogen) atoms. The summed E-state index contributed by atoms with van der Waals surface area (Å²) in [5.74, 6) is 0.730. The highest BCUT2D eigenvalue weighted by Gasteiger charge is 2.19. The summed E-state index contributed by atoms with van der Waals surface area (Å²) in [6.45, 7) is 4.98. The number of halogens is 1. The quantitative estimate of drug-likeness (QED) is 0.776. The monoisotopic (exact) mass is 356 g/mol. The number of ether oxygens (including phenoxy) is 1. The number of hydrogen-bond donors (Lipinski definition) is 1. The van der Waals surface area contributed by atoms with Gasteiger partial charge in [-0.2, -0.15) is 0 Å². The Hall–Kier alpha value is -2.24. The minimum Gasteiger partial charge on any atom is -0.495 e. The molecule has 0 bridgehead atoms. The van der Waals surface area contributed by atoms with Crippen LogP contribution in [0.2, 0.25) is 5.02 Å². The second-order valence-electron chi connectivity index (χ2n) is 6.30. The number of aromatic nitrogens is 2. The molecule has 0 atom stereocenters. The van der Waals surface area contributed by atoms with Gasteiger partial charge in [-0.3, -0.25) is 4.90 Å². The van der Waals surface area contributed by atoms with Crippen LogP contribution in [0.25, 0.3) is 11.0 Å². The maximum absolute atomic E-state index is 6.13. The van der Waals surface area contributed by atoms with E-state index in [-0.39, 0.29) is 0 Å². The number of benzene rings is 1. The van der Waals surface area contributed by atoms with Crippen molar-refractivity contribution in [3.63, 3.8) is 0 Å². The molecule has 2 aromatic heterocycles. The second kappa shape index (κ2) is 6.94. The number of anilines is 1. The highest BCUT2D eigenvalue weighted by atomic mass is 35.5. The van der Waals surface area contributed by atoms with Crippen molar-refractivity contribution >= 4 is 28.3 Å². The van der Waals surface area contributed by atoms with E-state index in [0.29, 0.717) is 5.02 Å². The lowest BCUT2D eigenvalue weighted by atomic mass is 10.2. The maximum atomic E-state index is 6.13. The van der Waals surface area contributed by atoms with E-state index in [0.717, 1.165) is 49.8 Å². The van der Waals surface area contributed by atoms with Gasteiger partial charge in [-0.15, -0.1) is 0 Å². The van der Waals surface area contributed by atoms with Gasteiger partial charge >= 0.3 is 0 Å². The summed E-state index contributed by atoms with van der Waals surface area (Å²) < 4.78 is 5.33. The Labute approximate surface area is 152 Å². The molecule has 0 spiro atoms. The largest absolute Gasteiger partial charge is 0.495 e.